The first kappa shape index (κ1) is 16.5. The van der Waals surface area contributed by atoms with E-state index >= 15 is 0 Å². The second kappa shape index (κ2) is 6.46. The number of alkyl carbamates (subject to hydrolysis) is 1. The van der Waals surface area contributed by atoms with Crippen LogP contribution in [0.5, 0.6) is 0 Å². The molecular weight excluding hydrogens is 287 g/mol. The van der Waals surface area contributed by atoms with Crippen LogP contribution in [-0.4, -0.2) is 41.3 Å². The summed E-state index contributed by atoms with van der Waals surface area (Å²) in [5.41, 5.74) is -0.523. The van der Waals surface area contributed by atoms with Gasteiger partial charge in [-0.15, -0.1) is 0 Å². The van der Waals surface area contributed by atoms with E-state index < -0.39 is 17.5 Å². The molecule has 0 radical (unpaired) electrons. The standard InChI is InChI=1S/C15H23FN4O2/c1-15(2,3)22-14(21)19-9-12(10-5-6-10)20(4)13-17-7-11(16)8-18-13/h7-8,10,12H,5-6,9H2,1-4H3,(H,19,21). The highest BCUT2D eigenvalue weighted by molar-refractivity contribution is 5.67. The van der Waals surface area contributed by atoms with Gasteiger partial charge in [0.2, 0.25) is 5.95 Å². The lowest BCUT2D eigenvalue weighted by Gasteiger charge is -2.29. The normalized spacial score (nSPS) is 16.0. The Balaban J connectivity index is 1.95. The Morgan fingerprint density at radius 3 is 2.55 bits per heavy atom. The number of anilines is 1. The van der Waals surface area contributed by atoms with E-state index in [4.69, 9.17) is 4.74 Å². The topological polar surface area (TPSA) is 67.4 Å². The van der Waals surface area contributed by atoms with E-state index in [1.165, 1.54) is 0 Å². The van der Waals surface area contributed by atoms with E-state index in [9.17, 15) is 9.18 Å². The molecule has 1 aromatic rings. The fourth-order valence-electron chi connectivity index (χ4n) is 2.24. The Labute approximate surface area is 130 Å². The summed E-state index contributed by atoms with van der Waals surface area (Å²) in [5, 5.41) is 2.79. The summed E-state index contributed by atoms with van der Waals surface area (Å²) in [4.78, 5) is 21.6. The minimum Gasteiger partial charge on any atom is -0.444 e. The van der Waals surface area contributed by atoms with Crippen molar-refractivity contribution in [2.24, 2.45) is 5.92 Å². The van der Waals surface area contributed by atoms with Crippen LogP contribution in [0.2, 0.25) is 0 Å². The summed E-state index contributed by atoms with van der Waals surface area (Å²) in [7, 11) is 1.85. The molecule has 1 unspecified atom stereocenters. The number of hydrogen-bond donors (Lipinski definition) is 1. The third-order valence-electron chi connectivity index (χ3n) is 3.44. The van der Waals surface area contributed by atoms with Crippen molar-refractivity contribution in [3.8, 4) is 0 Å². The van der Waals surface area contributed by atoms with Gasteiger partial charge in [-0.25, -0.2) is 19.2 Å². The maximum Gasteiger partial charge on any atom is 0.407 e. The van der Waals surface area contributed by atoms with Crippen molar-refractivity contribution >= 4 is 12.0 Å². The second-order valence-corrected chi connectivity index (χ2v) is 6.60. The molecule has 1 aromatic heterocycles. The molecule has 1 amide bonds. The zero-order chi connectivity index (χ0) is 16.3. The van der Waals surface area contributed by atoms with Crippen molar-refractivity contribution in [2.75, 3.05) is 18.5 Å². The van der Waals surface area contributed by atoms with Crippen molar-refractivity contribution in [1.82, 2.24) is 15.3 Å². The SMILES string of the molecule is CN(c1ncc(F)cn1)C(CNC(=O)OC(C)(C)C)C1CC1. The molecule has 1 fully saturated rings. The number of nitrogens with one attached hydrogen (secondary N) is 1. The molecule has 1 saturated carbocycles. The van der Waals surface area contributed by atoms with E-state index in [1.54, 1.807) is 0 Å². The van der Waals surface area contributed by atoms with Crippen LogP contribution < -0.4 is 10.2 Å². The van der Waals surface area contributed by atoms with Gasteiger partial charge in [0, 0.05) is 13.6 Å². The molecule has 1 aliphatic rings. The third-order valence-corrected chi connectivity index (χ3v) is 3.44. The maximum atomic E-state index is 12.9. The lowest BCUT2D eigenvalue weighted by molar-refractivity contribution is 0.0523. The van der Waals surface area contributed by atoms with E-state index in [0.717, 1.165) is 25.2 Å². The number of aromatic nitrogens is 2. The van der Waals surface area contributed by atoms with Gasteiger partial charge in [0.15, 0.2) is 5.82 Å². The average molecular weight is 310 g/mol. The van der Waals surface area contributed by atoms with Gasteiger partial charge in [-0.3, -0.25) is 0 Å². The first-order valence-corrected chi connectivity index (χ1v) is 7.43. The predicted octanol–water partition coefficient (Wildman–Crippen LogP) is 2.36. The Morgan fingerprint density at radius 2 is 2.05 bits per heavy atom. The van der Waals surface area contributed by atoms with E-state index in [0.29, 0.717) is 18.4 Å². The zero-order valence-electron chi connectivity index (χ0n) is 13.5. The number of carbonyl (C=O) groups excluding carboxylic acids is 1. The molecule has 0 saturated heterocycles. The van der Waals surface area contributed by atoms with Gasteiger partial charge in [0.1, 0.15) is 5.60 Å². The lowest BCUT2D eigenvalue weighted by atomic mass is 10.1. The summed E-state index contributed by atoms with van der Waals surface area (Å²) >= 11 is 0. The summed E-state index contributed by atoms with van der Waals surface area (Å²) in [5.74, 6) is 0.463. The predicted molar refractivity (Wildman–Crippen MR) is 81.1 cm³/mol. The highest BCUT2D eigenvalue weighted by Crippen LogP contribution is 2.35. The van der Waals surface area contributed by atoms with Gasteiger partial charge >= 0.3 is 6.09 Å². The van der Waals surface area contributed by atoms with Gasteiger partial charge in [-0.05, 0) is 39.5 Å². The van der Waals surface area contributed by atoms with Gasteiger partial charge in [0.25, 0.3) is 0 Å². The zero-order valence-corrected chi connectivity index (χ0v) is 13.5. The molecule has 0 aromatic carbocycles. The Morgan fingerprint density at radius 1 is 1.45 bits per heavy atom. The fourth-order valence-corrected chi connectivity index (χ4v) is 2.24. The number of amides is 1. The molecule has 2 rings (SSSR count). The van der Waals surface area contributed by atoms with E-state index in [1.807, 2.05) is 32.7 Å². The molecule has 1 atom stereocenters. The molecule has 1 aliphatic carbocycles. The smallest absolute Gasteiger partial charge is 0.407 e. The second-order valence-electron chi connectivity index (χ2n) is 6.60. The first-order valence-electron chi connectivity index (χ1n) is 7.43. The van der Waals surface area contributed by atoms with E-state index in [-0.39, 0.29) is 6.04 Å². The minimum atomic E-state index is -0.523. The van der Waals surface area contributed by atoms with Crippen LogP contribution >= 0.6 is 0 Å². The number of rotatable bonds is 5. The quantitative estimate of drug-likeness (QED) is 0.904. The van der Waals surface area contributed by atoms with Gasteiger partial charge < -0.3 is 15.0 Å². The number of likely N-dealkylation sites (N-methyl/N-ethyl adjacent to an activating group) is 1. The van der Waals surface area contributed by atoms with Crippen molar-refractivity contribution in [1.29, 1.82) is 0 Å². The summed E-state index contributed by atoms with van der Waals surface area (Å²) in [6, 6.07) is 0.0676. The highest BCUT2D eigenvalue weighted by Gasteiger charge is 2.35. The molecular formula is C15H23FN4O2. The summed E-state index contributed by atoms with van der Waals surface area (Å²) in [6.07, 6.45) is 4.05. The van der Waals surface area contributed by atoms with Crippen molar-refractivity contribution in [3.63, 3.8) is 0 Å². The van der Waals surface area contributed by atoms with Crippen LogP contribution in [0.15, 0.2) is 12.4 Å². The van der Waals surface area contributed by atoms with Gasteiger partial charge in [0.05, 0.1) is 18.4 Å². The van der Waals surface area contributed by atoms with Gasteiger partial charge in [-0.2, -0.15) is 0 Å². The fraction of sp³-hybridized carbons (Fsp3) is 0.667. The molecule has 1 N–H and O–H groups in total. The Hall–Kier alpha value is -1.92. The van der Waals surface area contributed by atoms with Crippen LogP contribution in [-0.2, 0) is 4.74 Å². The maximum absolute atomic E-state index is 12.9. The highest BCUT2D eigenvalue weighted by atomic mass is 19.1. The number of nitrogens with zero attached hydrogens (tertiary/aromatic N) is 3. The Kier molecular flexibility index (Phi) is 4.83. The lowest BCUT2D eigenvalue weighted by Crippen LogP contribution is -2.45. The molecule has 0 aliphatic heterocycles. The molecule has 1 heterocycles. The first-order chi connectivity index (χ1) is 10.3. The van der Waals surface area contributed by atoms with Gasteiger partial charge in [-0.1, -0.05) is 0 Å². The average Bonchev–Trinajstić information content (AvgIpc) is 3.22. The molecule has 6 nitrogen and oxygen atoms in total. The van der Waals surface area contributed by atoms with Crippen LogP contribution in [0.4, 0.5) is 15.1 Å². The minimum absolute atomic E-state index is 0.0676. The van der Waals surface area contributed by atoms with Crippen LogP contribution in [0, 0.1) is 11.7 Å². The van der Waals surface area contributed by atoms with Crippen LogP contribution in [0.3, 0.4) is 0 Å². The molecule has 0 spiro atoms. The monoisotopic (exact) mass is 310 g/mol. The summed E-state index contributed by atoms with van der Waals surface area (Å²) in [6.45, 7) is 5.91. The van der Waals surface area contributed by atoms with Crippen molar-refractivity contribution < 1.29 is 13.9 Å². The van der Waals surface area contributed by atoms with Crippen LogP contribution in [0.25, 0.3) is 0 Å². The largest absolute Gasteiger partial charge is 0.444 e. The van der Waals surface area contributed by atoms with E-state index in [2.05, 4.69) is 15.3 Å². The number of carbonyl (C=O) groups is 1. The van der Waals surface area contributed by atoms with Crippen molar-refractivity contribution in [2.45, 2.75) is 45.3 Å². The van der Waals surface area contributed by atoms with Crippen LogP contribution in [0.1, 0.15) is 33.6 Å². The van der Waals surface area contributed by atoms with Crippen molar-refractivity contribution in [3.05, 3.63) is 18.2 Å². The molecule has 0 bridgehead atoms. The molecule has 7 heteroatoms. The number of hydrogen-bond acceptors (Lipinski definition) is 5. The Bertz CT molecular complexity index is 511. The number of ether oxygens (including phenoxy) is 1. The third kappa shape index (κ3) is 4.82. The summed E-state index contributed by atoms with van der Waals surface area (Å²) < 4.78 is 18.2. The molecule has 122 valence electrons. The molecule has 22 heavy (non-hydrogen) atoms. The number of halogens is 1.